The number of carbonyl (C=O) groups excluding carboxylic acids is 1. The molecule has 0 saturated carbocycles. The van der Waals surface area contributed by atoms with Crippen LogP contribution in [0.4, 0.5) is 4.79 Å². The van der Waals surface area contributed by atoms with Crippen molar-refractivity contribution in [3.8, 4) is 5.75 Å². The van der Waals surface area contributed by atoms with Gasteiger partial charge in [0.25, 0.3) is 0 Å². The Bertz CT molecular complexity index is 1060. The summed E-state index contributed by atoms with van der Waals surface area (Å²) >= 11 is 0. The second kappa shape index (κ2) is 15.1. The third-order valence-corrected chi connectivity index (χ3v) is 14.7. The van der Waals surface area contributed by atoms with Crippen molar-refractivity contribution >= 4 is 24.4 Å². The van der Waals surface area contributed by atoms with Crippen molar-refractivity contribution < 1.29 is 41.7 Å². The van der Waals surface area contributed by atoms with E-state index in [1.54, 1.807) is 12.1 Å². The van der Waals surface area contributed by atoms with Crippen molar-refractivity contribution in [1.29, 1.82) is 0 Å². The highest BCUT2D eigenvalue weighted by Gasteiger charge is 2.44. The SMILES string of the molecule is CC[Si](CC)(CC)O[C@H](CN(CC(C)C)S(=O)(=O)c1ccc(OC)cc1)[C@H](CO)NC(=O)O[C@H]1CO[C@H]2OCC[C@H]21. The Morgan fingerprint density at radius 2 is 1.78 bits per heavy atom. The number of hydrogen-bond donors (Lipinski definition) is 2. The smallest absolute Gasteiger partial charge is 0.407 e. The molecule has 0 radical (unpaired) electrons. The minimum absolute atomic E-state index is 0.0173. The monoisotopic (exact) mass is 616 g/mol. The predicted molar refractivity (Wildman–Crippen MR) is 157 cm³/mol. The van der Waals surface area contributed by atoms with E-state index < -0.39 is 49.3 Å². The summed E-state index contributed by atoms with van der Waals surface area (Å²) in [5.74, 6) is 0.539. The first-order valence-corrected chi connectivity index (χ1v) is 18.6. The number of methoxy groups -OCH3 is 1. The lowest BCUT2D eigenvalue weighted by atomic mass is 10.0. The van der Waals surface area contributed by atoms with Gasteiger partial charge >= 0.3 is 6.09 Å². The number of aliphatic hydroxyl groups is 1. The van der Waals surface area contributed by atoms with Gasteiger partial charge in [0.2, 0.25) is 10.0 Å². The number of aliphatic hydroxyl groups excluding tert-OH is 1. The van der Waals surface area contributed by atoms with Gasteiger partial charge in [0, 0.05) is 13.1 Å². The van der Waals surface area contributed by atoms with Crippen molar-refractivity contribution in [2.75, 3.05) is 40.0 Å². The van der Waals surface area contributed by atoms with Crippen molar-refractivity contribution in [2.24, 2.45) is 11.8 Å². The number of carbonyl (C=O) groups is 1. The molecule has 2 aliphatic rings. The summed E-state index contributed by atoms with van der Waals surface area (Å²) in [6.45, 7) is 10.7. The van der Waals surface area contributed by atoms with E-state index in [2.05, 4.69) is 26.1 Å². The minimum atomic E-state index is -3.93. The van der Waals surface area contributed by atoms with Gasteiger partial charge in [0.15, 0.2) is 14.6 Å². The van der Waals surface area contributed by atoms with Crippen LogP contribution < -0.4 is 10.1 Å². The molecule has 3 rings (SSSR count). The second-order valence-electron chi connectivity index (χ2n) is 11.2. The normalized spacial score (nSPS) is 22.5. The summed E-state index contributed by atoms with van der Waals surface area (Å²) < 4.78 is 58.0. The van der Waals surface area contributed by atoms with Crippen molar-refractivity contribution in [3.63, 3.8) is 0 Å². The fraction of sp³-hybridized carbons (Fsp3) is 0.750. The fourth-order valence-electron chi connectivity index (χ4n) is 5.47. The van der Waals surface area contributed by atoms with Gasteiger partial charge in [0.1, 0.15) is 11.9 Å². The minimum Gasteiger partial charge on any atom is -0.497 e. The van der Waals surface area contributed by atoms with Gasteiger partial charge in [-0.05, 0) is 54.7 Å². The zero-order valence-electron chi connectivity index (χ0n) is 25.2. The molecule has 2 aliphatic heterocycles. The van der Waals surface area contributed by atoms with E-state index in [1.807, 2.05) is 13.8 Å². The summed E-state index contributed by atoms with van der Waals surface area (Å²) in [6, 6.07) is 7.81. The molecule has 1 aromatic carbocycles. The number of fused-ring (bicyclic) bond motifs is 1. The Balaban J connectivity index is 1.88. The highest BCUT2D eigenvalue weighted by atomic mass is 32.2. The number of sulfonamides is 1. The molecular weight excluding hydrogens is 568 g/mol. The van der Waals surface area contributed by atoms with E-state index in [0.717, 1.165) is 24.6 Å². The van der Waals surface area contributed by atoms with E-state index in [4.69, 9.17) is 23.4 Å². The van der Waals surface area contributed by atoms with E-state index in [-0.39, 0.29) is 42.7 Å². The molecule has 11 nitrogen and oxygen atoms in total. The quantitative estimate of drug-likeness (QED) is 0.268. The molecule has 234 valence electrons. The lowest BCUT2D eigenvalue weighted by Gasteiger charge is -2.39. The molecule has 41 heavy (non-hydrogen) atoms. The molecule has 0 bridgehead atoms. The number of amides is 1. The van der Waals surface area contributed by atoms with Gasteiger partial charge < -0.3 is 33.8 Å². The first-order valence-electron chi connectivity index (χ1n) is 14.7. The van der Waals surface area contributed by atoms with Crippen LogP contribution >= 0.6 is 0 Å². The summed E-state index contributed by atoms with van der Waals surface area (Å²) in [4.78, 5) is 13.2. The average Bonchev–Trinajstić information content (AvgIpc) is 3.58. The standard InChI is InChI=1S/C28H48N2O9SSi/c1-7-41(8-2,9-3)39-25(24(18-31)29-28(32)38-26-19-37-27-23(26)14-15-36-27)17-30(16-20(4)5)40(33,34)22-12-10-21(35-6)11-13-22/h10-13,20,23-27,31H,7-9,14-19H2,1-6H3,(H,29,32)/t23-,24-,25+,26-,27+/m0/s1. The second-order valence-corrected chi connectivity index (χ2v) is 17.9. The van der Waals surface area contributed by atoms with E-state index >= 15 is 0 Å². The van der Waals surface area contributed by atoms with Gasteiger partial charge in [-0.15, -0.1) is 0 Å². The van der Waals surface area contributed by atoms with Crippen LogP contribution in [0.3, 0.4) is 0 Å². The lowest BCUT2D eigenvalue weighted by Crippen LogP contribution is -2.57. The maximum atomic E-state index is 13.9. The summed E-state index contributed by atoms with van der Waals surface area (Å²) in [5, 5.41) is 13.3. The summed E-state index contributed by atoms with van der Waals surface area (Å²) in [7, 11) is -4.71. The van der Waals surface area contributed by atoms with Crippen LogP contribution in [0.2, 0.25) is 18.1 Å². The Hall–Kier alpha value is -1.74. The zero-order chi connectivity index (χ0) is 30.2. The predicted octanol–water partition coefficient (Wildman–Crippen LogP) is 3.58. The number of rotatable bonds is 16. The van der Waals surface area contributed by atoms with Crippen molar-refractivity contribution in [2.45, 2.75) is 88.6 Å². The molecule has 0 unspecified atom stereocenters. The van der Waals surface area contributed by atoms with E-state index in [1.165, 1.54) is 23.5 Å². The molecule has 1 aromatic rings. The number of nitrogens with zero attached hydrogens (tertiary/aromatic N) is 1. The Morgan fingerprint density at radius 1 is 1.12 bits per heavy atom. The summed E-state index contributed by atoms with van der Waals surface area (Å²) in [5.41, 5.74) is 0. The van der Waals surface area contributed by atoms with Crippen LogP contribution in [0.5, 0.6) is 5.75 Å². The lowest BCUT2D eigenvalue weighted by molar-refractivity contribution is -0.0907. The van der Waals surface area contributed by atoms with Crippen LogP contribution in [-0.2, 0) is 28.7 Å². The van der Waals surface area contributed by atoms with E-state index in [9.17, 15) is 18.3 Å². The molecule has 2 saturated heterocycles. The van der Waals surface area contributed by atoms with E-state index in [0.29, 0.717) is 12.4 Å². The van der Waals surface area contributed by atoms with Crippen LogP contribution in [-0.4, -0.2) is 96.8 Å². The fourth-order valence-corrected chi connectivity index (χ4v) is 9.97. The first kappa shape index (κ1) is 33.8. The highest BCUT2D eigenvalue weighted by molar-refractivity contribution is 7.89. The largest absolute Gasteiger partial charge is 0.497 e. The summed E-state index contributed by atoms with van der Waals surface area (Å²) in [6.07, 6.45) is -1.58. The molecule has 0 aliphatic carbocycles. The molecule has 0 aromatic heterocycles. The van der Waals surface area contributed by atoms with Crippen LogP contribution in [0.15, 0.2) is 29.2 Å². The van der Waals surface area contributed by atoms with Crippen molar-refractivity contribution in [3.05, 3.63) is 24.3 Å². The van der Waals surface area contributed by atoms with Gasteiger partial charge in [-0.1, -0.05) is 34.6 Å². The first-order chi connectivity index (χ1) is 19.5. The third kappa shape index (κ3) is 8.43. The van der Waals surface area contributed by atoms with Crippen molar-refractivity contribution in [1.82, 2.24) is 9.62 Å². The molecule has 5 atom stereocenters. The molecule has 2 N–H and O–H groups in total. The number of nitrogens with one attached hydrogen (secondary N) is 1. The number of benzene rings is 1. The zero-order valence-corrected chi connectivity index (χ0v) is 27.0. The molecule has 0 spiro atoms. The Morgan fingerprint density at radius 3 is 2.34 bits per heavy atom. The Kier molecular flexibility index (Phi) is 12.5. The highest BCUT2D eigenvalue weighted by Crippen LogP contribution is 2.33. The van der Waals surface area contributed by atoms with Crippen LogP contribution in [0, 0.1) is 11.8 Å². The maximum absolute atomic E-state index is 13.9. The van der Waals surface area contributed by atoms with Crippen LogP contribution in [0.25, 0.3) is 0 Å². The average molecular weight is 617 g/mol. The molecule has 13 heteroatoms. The molecule has 2 fully saturated rings. The topological polar surface area (TPSA) is 133 Å². The Labute approximate surface area is 246 Å². The molecule has 1 amide bonds. The van der Waals surface area contributed by atoms with Gasteiger partial charge in [-0.2, -0.15) is 4.31 Å². The molecule has 2 heterocycles. The van der Waals surface area contributed by atoms with Gasteiger partial charge in [-0.3, -0.25) is 0 Å². The number of ether oxygens (including phenoxy) is 4. The maximum Gasteiger partial charge on any atom is 0.407 e. The van der Waals surface area contributed by atoms with Gasteiger partial charge in [-0.25, -0.2) is 13.2 Å². The van der Waals surface area contributed by atoms with Crippen LogP contribution in [0.1, 0.15) is 41.0 Å². The molecular formula is C28H48N2O9SSi. The number of hydrogen-bond acceptors (Lipinski definition) is 9. The third-order valence-electron chi connectivity index (χ3n) is 8.18. The number of alkyl carbamates (subject to hydrolysis) is 1. The van der Waals surface area contributed by atoms with Gasteiger partial charge in [0.05, 0.1) is 49.9 Å².